The number of ether oxygens (including phenoxy) is 1. The first-order valence-corrected chi connectivity index (χ1v) is 11.4. The Labute approximate surface area is 132 Å². The summed E-state index contributed by atoms with van der Waals surface area (Å²) in [5, 5.41) is 1.48. The Kier molecular flexibility index (Phi) is 3.27. The van der Waals surface area contributed by atoms with Crippen LogP contribution in [0.5, 0.6) is 0 Å². The average molecular weight is 327 g/mol. The number of fused-ring (bicyclic) bond motifs is 1. The third-order valence-electron chi connectivity index (χ3n) is 5.90. The van der Waals surface area contributed by atoms with E-state index in [0.717, 1.165) is 25.7 Å². The summed E-state index contributed by atoms with van der Waals surface area (Å²) in [5.41, 5.74) is -1.24. The lowest BCUT2D eigenvalue weighted by Gasteiger charge is -2.37. The number of hydrogen-bond donors (Lipinski definition) is 0. The zero-order valence-corrected chi connectivity index (χ0v) is 14.6. The van der Waals surface area contributed by atoms with Gasteiger partial charge in [0, 0.05) is 5.54 Å². The van der Waals surface area contributed by atoms with E-state index in [9.17, 15) is 4.79 Å². The van der Waals surface area contributed by atoms with Crippen molar-refractivity contribution in [3.8, 4) is 0 Å². The molecule has 22 heavy (non-hydrogen) atoms. The molecule has 124 valence electrons. The lowest BCUT2D eigenvalue weighted by Crippen LogP contribution is -2.56. The highest BCUT2D eigenvalue weighted by atomic mass is 28.4. The molecule has 4 fully saturated rings. The number of carbonyl (C=O) groups is 1. The normalized spacial score (nSPS) is 41.8. The van der Waals surface area contributed by atoms with Crippen LogP contribution in [0.3, 0.4) is 0 Å². The van der Waals surface area contributed by atoms with Crippen LogP contribution in [-0.4, -0.2) is 50.0 Å². The molecule has 0 bridgehead atoms. The fourth-order valence-electron chi connectivity index (χ4n) is 4.89. The molecule has 0 aromatic carbocycles. The van der Waals surface area contributed by atoms with Gasteiger partial charge in [0.05, 0.1) is 13.2 Å². The third-order valence-corrected chi connectivity index (χ3v) is 9.03. The Hall–Kier alpha value is -0.473. The van der Waals surface area contributed by atoms with Crippen molar-refractivity contribution in [1.82, 2.24) is 5.23 Å². The number of esters is 1. The first-order chi connectivity index (χ1) is 10.5. The fraction of sp³-hybridized carbons (Fsp3) is 0.933. The van der Waals surface area contributed by atoms with Crippen LogP contribution in [0.1, 0.15) is 39.0 Å². The molecule has 6 nitrogen and oxygen atoms in total. The number of carbonyl (C=O) groups excluding carboxylic acids is 1. The van der Waals surface area contributed by atoms with Crippen molar-refractivity contribution in [3.63, 3.8) is 0 Å². The molecular formula is C15H25NO5Si. The van der Waals surface area contributed by atoms with Crippen LogP contribution in [0.15, 0.2) is 0 Å². The summed E-state index contributed by atoms with van der Waals surface area (Å²) in [4.78, 5) is 25.0. The van der Waals surface area contributed by atoms with Crippen LogP contribution < -0.4 is 0 Å². The van der Waals surface area contributed by atoms with E-state index in [2.05, 4.69) is 13.1 Å². The SMILES string of the molecule is CCOC(=O)[C@]12[C@@H]3O[Si](C)(C)[C@H]1CON2OC31CCCCC1. The molecule has 3 atom stereocenters. The second kappa shape index (κ2) is 4.77. The van der Waals surface area contributed by atoms with Gasteiger partial charge in [0.15, 0.2) is 8.32 Å². The number of hydroxylamine groups is 2. The molecule has 1 aliphatic carbocycles. The van der Waals surface area contributed by atoms with Gasteiger partial charge in [-0.1, -0.05) is 19.3 Å². The van der Waals surface area contributed by atoms with Gasteiger partial charge in [0.1, 0.15) is 11.7 Å². The van der Waals surface area contributed by atoms with E-state index in [1.807, 2.05) is 6.92 Å². The molecule has 4 rings (SSSR count). The zero-order chi connectivity index (χ0) is 15.6. The van der Waals surface area contributed by atoms with Crippen LogP contribution in [0.4, 0.5) is 0 Å². The van der Waals surface area contributed by atoms with Gasteiger partial charge in [-0.05, 0) is 38.1 Å². The Bertz CT molecular complexity index is 492. The van der Waals surface area contributed by atoms with Crippen LogP contribution in [0.25, 0.3) is 0 Å². The molecule has 1 saturated carbocycles. The van der Waals surface area contributed by atoms with Crippen molar-refractivity contribution < 1.29 is 23.6 Å². The maximum atomic E-state index is 12.9. The van der Waals surface area contributed by atoms with Gasteiger partial charge in [-0.3, -0.25) is 9.68 Å². The summed E-state index contributed by atoms with van der Waals surface area (Å²) in [6.45, 7) is 7.06. The molecule has 0 aromatic heterocycles. The highest BCUT2D eigenvalue weighted by Crippen LogP contribution is 2.63. The fourth-order valence-corrected chi connectivity index (χ4v) is 7.96. The Morgan fingerprint density at radius 3 is 2.73 bits per heavy atom. The summed E-state index contributed by atoms with van der Waals surface area (Å²) in [6.07, 6.45) is 5.04. The molecule has 4 aliphatic rings. The highest BCUT2D eigenvalue weighted by molar-refractivity contribution is 6.74. The molecule has 0 aromatic rings. The van der Waals surface area contributed by atoms with Gasteiger partial charge in [-0.2, -0.15) is 0 Å². The Balaban J connectivity index is 1.80. The lowest BCUT2D eigenvalue weighted by molar-refractivity contribution is -0.376. The topological polar surface area (TPSA) is 57.2 Å². The van der Waals surface area contributed by atoms with Gasteiger partial charge in [-0.25, -0.2) is 4.79 Å². The van der Waals surface area contributed by atoms with Crippen LogP contribution in [0, 0.1) is 0 Å². The summed E-state index contributed by atoms with van der Waals surface area (Å²) < 4.78 is 12.0. The van der Waals surface area contributed by atoms with Crippen molar-refractivity contribution in [2.24, 2.45) is 0 Å². The molecule has 3 heterocycles. The standard InChI is InChI=1S/C15H25NO5Si/c1-4-18-13(17)15-11-10-19-16(15)21-14(8-6-5-7-9-14)12(15)20-22(11,2)3/h11-12H,4-10H2,1-3H3/t11-,12+,15+/m0/s1. The van der Waals surface area contributed by atoms with Gasteiger partial charge < -0.3 is 9.16 Å². The maximum Gasteiger partial charge on any atom is 0.334 e. The highest BCUT2D eigenvalue weighted by Gasteiger charge is 2.81. The lowest BCUT2D eigenvalue weighted by atomic mass is 9.73. The van der Waals surface area contributed by atoms with Crippen molar-refractivity contribution >= 4 is 14.3 Å². The summed E-state index contributed by atoms with van der Waals surface area (Å²) >= 11 is 0. The smallest absolute Gasteiger partial charge is 0.334 e. The van der Waals surface area contributed by atoms with E-state index in [1.165, 1.54) is 11.6 Å². The zero-order valence-electron chi connectivity index (χ0n) is 13.6. The van der Waals surface area contributed by atoms with Crippen LogP contribution in [0.2, 0.25) is 18.6 Å². The molecule has 3 aliphatic heterocycles. The summed E-state index contributed by atoms with van der Waals surface area (Å²) in [5.74, 6) is -0.233. The van der Waals surface area contributed by atoms with E-state index in [1.54, 1.807) is 0 Å². The third kappa shape index (κ3) is 1.66. The summed E-state index contributed by atoms with van der Waals surface area (Å²) in [6, 6.07) is 0. The van der Waals surface area contributed by atoms with Gasteiger partial charge in [0.2, 0.25) is 5.54 Å². The second-order valence-electron chi connectivity index (χ2n) is 7.47. The van der Waals surface area contributed by atoms with Gasteiger partial charge in [0.25, 0.3) is 0 Å². The van der Waals surface area contributed by atoms with E-state index in [-0.39, 0.29) is 17.6 Å². The molecule has 0 unspecified atom stereocenters. The Morgan fingerprint density at radius 1 is 1.32 bits per heavy atom. The second-order valence-corrected chi connectivity index (χ2v) is 11.6. The molecule has 0 radical (unpaired) electrons. The summed E-state index contributed by atoms with van der Waals surface area (Å²) in [7, 11) is -2.05. The monoisotopic (exact) mass is 327 g/mol. The molecule has 0 N–H and O–H groups in total. The molecule has 0 amide bonds. The Morgan fingerprint density at radius 2 is 2.05 bits per heavy atom. The molecule has 1 spiro atoms. The minimum absolute atomic E-state index is 0.0605. The van der Waals surface area contributed by atoms with E-state index >= 15 is 0 Å². The van der Waals surface area contributed by atoms with Crippen molar-refractivity contribution in [1.29, 1.82) is 0 Å². The average Bonchev–Trinajstić information content (AvgIpc) is 3.05. The molecule has 3 saturated heterocycles. The minimum Gasteiger partial charge on any atom is -0.464 e. The van der Waals surface area contributed by atoms with Crippen LogP contribution in [-0.2, 0) is 23.6 Å². The van der Waals surface area contributed by atoms with Gasteiger partial charge in [-0.15, -0.1) is 0 Å². The van der Waals surface area contributed by atoms with Gasteiger partial charge >= 0.3 is 5.97 Å². The van der Waals surface area contributed by atoms with E-state index in [4.69, 9.17) is 18.8 Å². The number of hydrogen-bond acceptors (Lipinski definition) is 6. The minimum atomic E-state index is -2.05. The van der Waals surface area contributed by atoms with E-state index in [0.29, 0.717) is 13.2 Å². The molecular weight excluding hydrogens is 302 g/mol. The first kappa shape index (κ1) is 15.1. The van der Waals surface area contributed by atoms with Crippen molar-refractivity contribution in [2.45, 2.75) is 74.9 Å². The van der Waals surface area contributed by atoms with Crippen LogP contribution >= 0.6 is 0 Å². The predicted molar refractivity (Wildman–Crippen MR) is 80.2 cm³/mol. The van der Waals surface area contributed by atoms with E-state index < -0.39 is 19.5 Å². The maximum absolute atomic E-state index is 12.9. The molecule has 7 heteroatoms. The van der Waals surface area contributed by atoms with Crippen molar-refractivity contribution in [2.75, 3.05) is 13.2 Å². The quantitative estimate of drug-likeness (QED) is 0.572. The number of rotatable bonds is 2. The number of nitrogens with zero attached hydrogens (tertiary/aromatic N) is 1. The predicted octanol–water partition coefficient (Wildman–Crippen LogP) is 2.16. The van der Waals surface area contributed by atoms with Crippen molar-refractivity contribution in [3.05, 3.63) is 0 Å². The largest absolute Gasteiger partial charge is 0.464 e. The first-order valence-electron chi connectivity index (χ1n) is 8.45.